The van der Waals surface area contributed by atoms with Crippen molar-refractivity contribution in [1.29, 1.82) is 0 Å². The van der Waals surface area contributed by atoms with Gasteiger partial charge in [-0.15, -0.1) is 22.0 Å². The van der Waals surface area contributed by atoms with Crippen LogP contribution >= 0.6 is 23.5 Å². The van der Waals surface area contributed by atoms with Gasteiger partial charge in [-0.1, -0.05) is 23.9 Å². The summed E-state index contributed by atoms with van der Waals surface area (Å²) >= 11 is 2.74. The molecule has 1 saturated heterocycles. The molecule has 0 spiro atoms. The van der Waals surface area contributed by atoms with Crippen LogP contribution < -0.4 is 11.1 Å². The van der Waals surface area contributed by atoms with Gasteiger partial charge in [-0.25, -0.2) is 4.79 Å². The molecule has 2 aliphatic heterocycles. The highest BCUT2D eigenvalue weighted by Crippen LogP contribution is 2.41. The van der Waals surface area contributed by atoms with Crippen molar-refractivity contribution in [2.75, 3.05) is 11.5 Å². The number of amides is 2. The van der Waals surface area contributed by atoms with E-state index in [1.165, 1.54) is 52.7 Å². The van der Waals surface area contributed by atoms with Crippen molar-refractivity contribution in [3.05, 3.63) is 46.9 Å². The molecule has 11 nitrogen and oxygen atoms in total. The molecule has 1 aromatic carbocycles. The Labute approximate surface area is 197 Å². The lowest BCUT2D eigenvalue weighted by Gasteiger charge is -2.49. The van der Waals surface area contributed by atoms with Gasteiger partial charge < -0.3 is 25.8 Å². The molecule has 1 fully saturated rings. The normalized spacial score (nSPS) is 20.8. The van der Waals surface area contributed by atoms with Gasteiger partial charge in [0.15, 0.2) is 5.16 Å². The monoisotopic (exact) mass is 490 g/mol. The van der Waals surface area contributed by atoms with Crippen LogP contribution in [0.2, 0.25) is 0 Å². The number of carbonyl (C=O) groups is 3. The van der Waals surface area contributed by atoms with Crippen LogP contribution in [0.1, 0.15) is 17.4 Å². The summed E-state index contributed by atoms with van der Waals surface area (Å²) in [5.41, 5.74) is 7.02. The van der Waals surface area contributed by atoms with Crippen LogP contribution in [0.25, 0.3) is 0 Å². The highest BCUT2D eigenvalue weighted by Gasteiger charge is 2.54. The van der Waals surface area contributed by atoms with Gasteiger partial charge in [-0.2, -0.15) is 0 Å². The minimum absolute atomic E-state index is 0.0473. The molecule has 0 aliphatic carbocycles. The molecule has 1 aromatic heterocycles. The fraction of sp³-hybridized carbons (Fsp3) is 0.350. The van der Waals surface area contributed by atoms with E-state index in [1.54, 1.807) is 0 Å². The third-order valence-corrected chi connectivity index (χ3v) is 7.96. The van der Waals surface area contributed by atoms with E-state index in [0.717, 1.165) is 5.82 Å². The number of aliphatic carboxylic acids is 1. The number of carboxylic acids is 1. The van der Waals surface area contributed by atoms with E-state index < -0.39 is 35.2 Å². The maximum Gasteiger partial charge on any atom is 0.352 e. The number of nitrogens with zero attached hydrogens (tertiary/aromatic N) is 4. The maximum atomic E-state index is 12.8. The van der Waals surface area contributed by atoms with E-state index in [9.17, 15) is 24.6 Å². The number of aryl methyl sites for hydroxylation is 1. The lowest BCUT2D eigenvalue weighted by molar-refractivity contribution is -0.150. The second-order valence-corrected chi connectivity index (χ2v) is 9.65. The molecule has 0 radical (unpaired) electrons. The molecular weight excluding hydrogens is 468 g/mol. The number of hydrogen-bond acceptors (Lipinski definition) is 9. The summed E-state index contributed by atoms with van der Waals surface area (Å²) in [5.74, 6) is -0.706. The summed E-state index contributed by atoms with van der Waals surface area (Å²) in [5, 5.41) is 30.0. The summed E-state index contributed by atoms with van der Waals surface area (Å²) in [7, 11) is 1.82. The molecular formula is C20H22N6O5S2. The number of benzene rings is 1. The Bertz CT molecular complexity index is 1150. The first-order chi connectivity index (χ1) is 15.7. The van der Waals surface area contributed by atoms with Gasteiger partial charge in [0.25, 0.3) is 5.91 Å². The first kappa shape index (κ1) is 23.1. The SMILES string of the molecule is Cc1nnc(SCC2=C(C(=O)O)N3C(=O)C(NC(=O)C(N)c4ccc(O)cc4)[C@@H]3SC2)n1C. The minimum atomic E-state index is -1.19. The number of β-lactam (4-membered cyclic amide) rings is 1. The molecule has 33 heavy (non-hydrogen) atoms. The third-order valence-electron chi connectivity index (χ3n) is 5.51. The largest absolute Gasteiger partial charge is 0.508 e. The number of hydrogen-bond donors (Lipinski definition) is 4. The molecule has 3 atom stereocenters. The summed E-state index contributed by atoms with van der Waals surface area (Å²) in [6.45, 7) is 1.82. The third kappa shape index (κ3) is 4.30. The quantitative estimate of drug-likeness (QED) is 0.315. The van der Waals surface area contributed by atoms with Gasteiger partial charge in [0.05, 0.1) is 0 Å². The zero-order valence-corrected chi connectivity index (χ0v) is 19.4. The summed E-state index contributed by atoms with van der Waals surface area (Å²) in [4.78, 5) is 38.6. The van der Waals surface area contributed by atoms with Crippen LogP contribution in [0.3, 0.4) is 0 Å². The zero-order chi connectivity index (χ0) is 23.9. The fourth-order valence-corrected chi connectivity index (χ4v) is 5.98. The number of nitrogens with one attached hydrogen (secondary N) is 1. The van der Waals surface area contributed by atoms with E-state index in [1.807, 2.05) is 18.5 Å². The molecule has 174 valence electrons. The Balaban J connectivity index is 1.46. The van der Waals surface area contributed by atoms with Crippen molar-refractivity contribution in [1.82, 2.24) is 25.0 Å². The van der Waals surface area contributed by atoms with Gasteiger partial charge in [0, 0.05) is 18.6 Å². The van der Waals surface area contributed by atoms with E-state index in [0.29, 0.717) is 27.8 Å². The van der Waals surface area contributed by atoms with Crippen LogP contribution in [0.4, 0.5) is 0 Å². The van der Waals surface area contributed by atoms with Crippen LogP contribution in [0.5, 0.6) is 5.75 Å². The smallest absolute Gasteiger partial charge is 0.352 e. The minimum Gasteiger partial charge on any atom is -0.508 e. The molecule has 2 aliphatic rings. The number of rotatable bonds is 7. The number of thioether (sulfide) groups is 2. The molecule has 2 amide bonds. The maximum absolute atomic E-state index is 12.8. The number of carbonyl (C=O) groups excluding carboxylic acids is 2. The van der Waals surface area contributed by atoms with Gasteiger partial charge in [-0.3, -0.25) is 14.5 Å². The van der Waals surface area contributed by atoms with Crippen molar-refractivity contribution in [3.63, 3.8) is 0 Å². The van der Waals surface area contributed by atoms with Crippen molar-refractivity contribution >= 4 is 41.3 Å². The molecule has 3 heterocycles. The van der Waals surface area contributed by atoms with E-state index in [4.69, 9.17) is 5.73 Å². The molecule has 13 heteroatoms. The average Bonchev–Trinajstić information content (AvgIpc) is 3.12. The molecule has 5 N–H and O–H groups in total. The van der Waals surface area contributed by atoms with Gasteiger partial charge in [0.1, 0.15) is 34.7 Å². The number of fused-ring (bicyclic) bond motifs is 1. The first-order valence-electron chi connectivity index (χ1n) is 9.92. The highest BCUT2D eigenvalue weighted by molar-refractivity contribution is 8.01. The molecule has 0 saturated carbocycles. The number of carboxylic acid groups (broad SMARTS) is 1. The summed E-state index contributed by atoms with van der Waals surface area (Å²) in [6, 6.07) is 3.99. The van der Waals surface area contributed by atoms with Crippen LogP contribution in [-0.4, -0.2) is 70.6 Å². The lowest BCUT2D eigenvalue weighted by Crippen LogP contribution is -2.71. The second-order valence-electron chi connectivity index (χ2n) is 7.60. The Morgan fingerprint density at radius 3 is 2.64 bits per heavy atom. The van der Waals surface area contributed by atoms with Gasteiger partial charge in [0.2, 0.25) is 5.91 Å². The fourth-order valence-electron chi connectivity index (χ4n) is 3.54. The Kier molecular flexibility index (Phi) is 6.36. The Morgan fingerprint density at radius 1 is 1.33 bits per heavy atom. The predicted octanol–water partition coefficient (Wildman–Crippen LogP) is 0.360. The number of phenolic OH excluding ortho intramolecular Hbond substituents is 1. The summed E-state index contributed by atoms with van der Waals surface area (Å²) in [6.07, 6.45) is 0. The Hall–Kier alpha value is -3.03. The van der Waals surface area contributed by atoms with Crippen LogP contribution in [-0.2, 0) is 21.4 Å². The Morgan fingerprint density at radius 2 is 2.03 bits per heavy atom. The van der Waals surface area contributed by atoms with Gasteiger partial charge in [-0.05, 0) is 30.2 Å². The molecule has 2 aromatic rings. The van der Waals surface area contributed by atoms with Crippen molar-refractivity contribution in [3.8, 4) is 5.75 Å². The highest BCUT2D eigenvalue weighted by atomic mass is 32.2. The van der Waals surface area contributed by atoms with E-state index in [2.05, 4.69) is 15.5 Å². The number of aromatic nitrogens is 3. The lowest BCUT2D eigenvalue weighted by atomic mass is 10.0. The first-order valence-corrected chi connectivity index (χ1v) is 12.0. The summed E-state index contributed by atoms with van der Waals surface area (Å²) < 4.78 is 1.81. The molecule has 2 unspecified atom stereocenters. The van der Waals surface area contributed by atoms with E-state index in [-0.39, 0.29) is 11.4 Å². The number of nitrogens with two attached hydrogens (primary N) is 1. The molecule has 0 bridgehead atoms. The zero-order valence-electron chi connectivity index (χ0n) is 17.8. The predicted molar refractivity (Wildman–Crippen MR) is 121 cm³/mol. The van der Waals surface area contributed by atoms with Gasteiger partial charge >= 0.3 is 5.97 Å². The van der Waals surface area contributed by atoms with Crippen molar-refractivity contribution in [2.45, 2.75) is 29.5 Å². The van der Waals surface area contributed by atoms with E-state index >= 15 is 0 Å². The second kappa shape index (κ2) is 9.08. The topological polar surface area (TPSA) is 164 Å². The van der Waals surface area contributed by atoms with Crippen LogP contribution in [0.15, 0.2) is 40.7 Å². The van der Waals surface area contributed by atoms with Crippen molar-refractivity contribution < 1.29 is 24.6 Å². The number of aromatic hydroxyl groups is 1. The van der Waals surface area contributed by atoms with Crippen molar-refractivity contribution in [2.24, 2.45) is 12.8 Å². The number of phenols is 1. The average molecular weight is 491 g/mol. The van der Waals surface area contributed by atoms with Crippen LogP contribution in [0, 0.1) is 6.92 Å². The molecule has 4 rings (SSSR count). The standard InChI is InChI=1S/C20H22N6O5S2/c1-9-23-24-20(25(9)2)33-8-11-7-32-18-14(17(29)26(18)15(11)19(30)31)22-16(28)13(21)10-3-5-12(27)6-4-10/h3-6,13-14,18,27H,7-8,21H2,1-2H3,(H,22,28)(H,30,31)/t13?,14?,18-/m0/s1.